The Balaban J connectivity index is 2.32. The average Bonchev–Trinajstić information content (AvgIpc) is 2.54. The molecule has 0 aromatic heterocycles. The van der Waals surface area contributed by atoms with E-state index in [0.29, 0.717) is 26.2 Å². The van der Waals surface area contributed by atoms with E-state index < -0.39 is 5.97 Å². The van der Waals surface area contributed by atoms with Crippen LogP contribution < -0.4 is 0 Å². The van der Waals surface area contributed by atoms with Crippen LogP contribution in [0.1, 0.15) is 6.42 Å². The molecule has 6 nitrogen and oxygen atoms in total. The molecule has 0 saturated carbocycles. The third kappa shape index (κ3) is 3.39. The fourth-order valence-electron chi connectivity index (χ4n) is 1.48. The molecule has 1 aliphatic heterocycles. The van der Waals surface area contributed by atoms with Crippen LogP contribution in [0.5, 0.6) is 0 Å². The normalized spacial score (nSPS) is 16.2. The fourth-order valence-corrected chi connectivity index (χ4v) is 1.48. The quantitative estimate of drug-likeness (QED) is 0.670. The molecular formula is C9H16N2O4. The highest BCUT2D eigenvalue weighted by molar-refractivity contribution is 5.77. The molecule has 6 heteroatoms. The van der Waals surface area contributed by atoms with Crippen molar-refractivity contribution < 1.29 is 19.4 Å². The monoisotopic (exact) mass is 216 g/mol. The Kier molecular flexibility index (Phi) is 4.36. The predicted molar refractivity (Wildman–Crippen MR) is 52.7 cm³/mol. The molecule has 15 heavy (non-hydrogen) atoms. The number of rotatable bonds is 6. The van der Waals surface area contributed by atoms with Gasteiger partial charge in [0.25, 0.3) is 0 Å². The fraction of sp³-hybridized carbons (Fsp3) is 0.778. The van der Waals surface area contributed by atoms with Crippen molar-refractivity contribution in [3.05, 3.63) is 0 Å². The van der Waals surface area contributed by atoms with E-state index in [9.17, 15) is 9.59 Å². The van der Waals surface area contributed by atoms with Crippen LogP contribution in [0, 0.1) is 0 Å². The molecule has 2 amide bonds. The molecule has 1 heterocycles. The van der Waals surface area contributed by atoms with Crippen LogP contribution in [0.4, 0.5) is 4.79 Å². The number of carboxylic acids is 1. The van der Waals surface area contributed by atoms with E-state index >= 15 is 0 Å². The Morgan fingerprint density at radius 2 is 2.00 bits per heavy atom. The number of carboxylic acid groups (broad SMARTS) is 1. The van der Waals surface area contributed by atoms with E-state index in [1.165, 1.54) is 0 Å². The zero-order valence-corrected chi connectivity index (χ0v) is 8.81. The van der Waals surface area contributed by atoms with Gasteiger partial charge in [-0.15, -0.1) is 0 Å². The van der Waals surface area contributed by atoms with Crippen molar-refractivity contribution in [1.29, 1.82) is 0 Å². The van der Waals surface area contributed by atoms with Gasteiger partial charge in [0.05, 0.1) is 13.0 Å². The highest BCUT2D eigenvalue weighted by Crippen LogP contribution is 2.08. The van der Waals surface area contributed by atoms with Crippen molar-refractivity contribution in [2.75, 3.05) is 39.9 Å². The van der Waals surface area contributed by atoms with Crippen LogP contribution in [-0.2, 0) is 9.53 Å². The van der Waals surface area contributed by atoms with Gasteiger partial charge in [-0.2, -0.15) is 0 Å². The van der Waals surface area contributed by atoms with E-state index in [-0.39, 0.29) is 19.0 Å². The summed E-state index contributed by atoms with van der Waals surface area (Å²) >= 11 is 0. The van der Waals surface area contributed by atoms with Crippen LogP contribution in [0.25, 0.3) is 0 Å². The highest BCUT2D eigenvalue weighted by Gasteiger charge is 2.27. The molecule has 1 N–H and O–H groups in total. The van der Waals surface area contributed by atoms with Crippen LogP contribution in [-0.4, -0.2) is 66.8 Å². The zero-order chi connectivity index (χ0) is 11.3. The van der Waals surface area contributed by atoms with Gasteiger partial charge in [-0.25, -0.2) is 4.79 Å². The molecule has 0 aliphatic carbocycles. The van der Waals surface area contributed by atoms with Gasteiger partial charge in [0.15, 0.2) is 0 Å². The van der Waals surface area contributed by atoms with Gasteiger partial charge in [-0.3, -0.25) is 4.79 Å². The van der Waals surface area contributed by atoms with E-state index in [2.05, 4.69) is 0 Å². The molecule has 1 fully saturated rings. The van der Waals surface area contributed by atoms with Gasteiger partial charge in [-0.1, -0.05) is 0 Å². The number of hydrogen-bond acceptors (Lipinski definition) is 3. The second-order valence-corrected chi connectivity index (χ2v) is 3.39. The van der Waals surface area contributed by atoms with Crippen molar-refractivity contribution in [1.82, 2.24) is 9.80 Å². The molecule has 1 saturated heterocycles. The minimum atomic E-state index is -0.877. The van der Waals surface area contributed by atoms with Gasteiger partial charge in [0, 0.05) is 33.3 Å². The van der Waals surface area contributed by atoms with E-state index in [1.54, 1.807) is 16.9 Å². The summed E-state index contributed by atoms with van der Waals surface area (Å²) in [5.74, 6) is -0.877. The van der Waals surface area contributed by atoms with Crippen LogP contribution in [0.3, 0.4) is 0 Å². The smallest absolute Gasteiger partial charge is 0.320 e. The molecular weight excluding hydrogens is 200 g/mol. The Morgan fingerprint density at radius 3 is 2.53 bits per heavy atom. The summed E-state index contributed by atoms with van der Waals surface area (Å²) in [5.41, 5.74) is 0. The summed E-state index contributed by atoms with van der Waals surface area (Å²) in [6.07, 6.45) is 0.00383. The lowest BCUT2D eigenvalue weighted by atomic mass is 10.4. The third-order valence-corrected chi connectivity index (χ3v) is 2.34. The molecule has 1 aliphatic rings. The molecule has 86 valence electrons. The molecule has 0 aromatic carbocycles. The van der Waals surface area contributed by atoms with Gasteiger partial charge < -0.3 is 19.6 Å². The first kappa shape index (κ1) is 11.8. The largest absolute Gasteiger partial charge is 0.481 e. The summed E-state index contributed by atoms with van der Waals surface area (Å²) < 4.78 is 4.88. The van der Waals surface area contributed by atoms with Crippen LogP contribution in [0.15, 0.2) is 0 Å². The summed E-state index contributed by atoms with van der Waals surface area (Å²) in [6, 6.07) is -0.0895. The minimum absolute atomic E-state index is 0.00383. The van der Waals surface area contributed by atoms with Crippen molar-refractivity contribution in [2.45, 2.75) is 6.42 Å². The van der Waals surface area contributed by atoms with Crippen molar-refractivity contribution in [3.8, 4) is 0 Å². The third-order valence-electron chi connectivity index (χ3n) is 2.34. The Labute approximate surface area is 88.4 Å². The summed E-state index contributed by atoms with van der Waals surface area (Å²) in [6.45, 7) is 2.63. The molecule has 0 bridgehead atoms. The maximum atomic E-state index is 11.6. The Bertz CT molecular complexity index is 244. The van der Waals surface area contributed by atoms with E-state index in [0.717, 1.165) is 0 Å². The highest BCUT2D eigenvalue weighted by atomic mass is 16.5. The standard InChI is InChI=1S/C9H16N2O4/c1-15-7-6-11-5-4-10(9(11)14)3-2-8(12)13/h2-7H2,1H3,(H,12,13). The Morgan fingerprint density at radius 1 is 1.40 bits per heavy atom. The number of hydrogen-bond donors (Lipinski definition) is 1. The van der Waals surface area contributed by atoms with Crippen LogP contribution in [0.2, 0.25) is 0 Å². The van der Waals surface area contributed by atoms with Gasteiger partial charge >= 0.3 is 12.0 Å². The predicted octanol–water partition coefficient (Wildman–Crippen LogP) is -0.155. The zero-order valence-electron chi connectivity index (χ0n) is 8.81. The van der Waals surface area contributed by atoms with Crippen molar-refractivity contribution >= 4 is 12.0 Å². The summed E-state index contributed by atoms with van der Waals surface area (Å²) in [7, 11) is 1.59. The SMILES string of the molecule is COCCN1CCN(CCC(=O)O)C1=O. The number of urea groups is 1. The number of aliphatic carboxylic acids is 1. The number of methoxy groups -OCH3 is 1. The number of amides is 2. The van der Waals surface area contributed by atoms with E-state index in [4.69, 9.17) is 9.84 Å². The first-order valence-electron chi connectivity index (χ1n) is 4.89. The number of nitrogens with zero attached hydrogens (tertiary/aromatic N) is 2. The minimum Gasteiger partial charge on any atom is -0.481 e. The second kappa shape index (κ2) is 5.55. The maximum Gasteiger partial charge on any atom is 0.320 e. The van der Waals surface area contributed by atoms with Crippen molar-refractivity contribution in [3.63, 3.8) is 0 Å². The first-order chi connectivity index (χ1) is 7.15. The second-order valence-electron chi connectivity index (χ2n) is 3.39. The lowest BCUT2D eigenvalue weighted by molar-refractivity contribution is -0.137. The summed E-state index contributed by atoms with van der Waals surface area (Å²) in [4.78, 5) is 25.2. The first-order valence-corrected chi connectivity index (χ1v) is 4.89. The number of ether oxygens (including phenoxy) is 1. The summed E-state index contributed by atoms with van der Waals surface area (Å²) in [5, 5.41) is 8.50. The molecule has 0 unspecified atom stereocenters. The number of carbonyl (C=O) groups is 2. The Hall–Kier alpha value is -1.30. The van der Waals surface area contributed by atoms with Gasteiger partial charge in [0.1, 0.15) is 0 Å². The lowest BCUT2D eigenvalue weighted by Crippen LogP contribution is -2.34. The van der Waals surface area contributed by atoms with Crippen LogP contribution >= 0.6 is 0 Å². The van der Waals surface area contributed by atoms with Gasteiger partial charge in [0.2, 0.25) is 0 Å². The lowest BCUT2D eigenvalue weighted by Gasteiger charge is -2.17. The average molecular weight is 216 g/mol. The molecule has 0 radical (unpaired) electrons. The molecule has 0 aromatic rings. The molecule has 0 spiro atoms. The van der Waals surface area contributed by atoms with Gasteiger partial charge in [-0.05, 0) is 0 Å². The van der Waals surface area contributed by atoms with Crippen molar-refractivity contribution in [2.24, 2.45) is 0 Å². The maximum absolute atomic E-state index is 11.6. The molecule has 1 rings (SSSR count). The topological polar surface area (TPSA) is 70.1 Å². The van der Waals surface area contributed by atoms with E-state index in [1.807, 2.05) is 0 Å². The molecule has 0 atom stereocenters. The number of carbonyl (C=O) groups excluding carboxylic acids is 1.